The smallest absolute Gasteiger partial charge is 0.0441 e. The van der Waals surface area contributed by atoms with Crippen LogP contribution in [0, 0.1) is 16.6 Å². The summed E-state index contributed by atoms with van der Waals surface area (Å²) in [7, 11) is -2.23. The van der Waals surface area contributed by atoms with Gasteiger partial charge < -0.3 is 0 Å². The predicted octanol–water partition coefficient (Wildman–Crippen LogP) is 2.10. The second-order valence-corrected chi connectivity index (χ2v) is 6.48. The molecule has 0 saturated heterocycles. The molecule has 66 valence electrons. The van der Waals surface area contributed by atoms with E-state index in [0.29, 0.717) is 5.92 Å². The van der Waals surface area contributed by atoms with E-state index in [2.05, 4.69) is 13.8 Å². The third-order valence-corrected chi connectivity index (χ3v) is 4.37. The molecule has 1 aliphatic rings. The fourth-order valence-corrected chi connectivity index (χ4v) is 2.75. The lowest BCUT2D eigenvalue weighted by atomic mass is 9.77. The molecule has 1 aliphatic carbocycles. The van der Waals surface area contributed by atoms with Crippen LogP contribution in [-0.2, 0) is 9.73 Å². The second kappa shape index (κ2) is 2.77. The summed E-state index contributed by atoms with van der Waals surface area (Å²) in [6, 6.07) is 0. The Morgan fingerprint density at radius 2 is 1.91 bits per heavy atom. The Morgan fingerprint density at radius 1 is 1.45 bits per heavy atom. The second-order valence-electron chi connectivity index (χ2n) is 4.00. The Morgan fingerprint density at radius 3 is 2.18 bits per heavy atom. The zero-order chi connectivity index (χ0) is 8.65. The van der Waals surface area contributed by atoms with Crippen molar-refractivity contribution >= 4 is 9.73 Å². The van der Waals surface area contributed by atoms with E-state index in [1.54, 1.807) is 6.26 Å². The van der Waals surface area contributed by atoms with Crippen LogP contribution in [0.1, 0.15) is 26.7 Å². The van der Waals surface area contributed by atoms with Gasteiger partial charge in [0.2, 0.25) is 0 Å². The van der Waals surface area contributed by atoms with Crippen LogP contribution in [0.15, 0.2) is 0 Å². The van der Waals surface area contributed by atoms with Crippen molar-refractivity contribution in [3.05, 3.63) is 0 Å². The molecule has 0 heterocycles. The molecular formula is C8H17NOS. The molecule has 1 N–H and O–H groups in total. The zero-order valence-electron chi connectivity index (χ0n) is 7.46. The van der Waals surface area contributed by atoms with Crippen LogP contribution in [0.4, 0.5) is 0 Å². The van der Waals surface area contributed by atoms with Gasteiger partial charge in [-0.15, -0.1) is 0 Å². The molecule has 3 heteroatoms. The van der Waals surface area contributed by atoms with E-state index in [1.165, 1.54) is 0 Å². The summed E-state index contributed by atoms with van der Waals surface area (Å²) in [5.74, 6) is 1.43. The van der Waals surface area contributed by atoms with Gasteiger partial charge in [0.05, 0.1) is 0 Å². The molecular weight excluding hydrogens is 158 g/mol. The standard InChI is InChI=1S/C8H17NOS/c1-6(2)7-4-8(5-7)11(3,9)10/h6-9H,4-5H2,1-3H3/t7-,8+,11?. The van der Waals surface area contributed by atoms with E-state index in [9.17, 15) is 4.21 Å². The summed E-state index contributed by atoms with van der Waals surface area (Å²) >= 11 is 0. The van der Waals surface area contributed by atoms with Crippen LogP contribution >= 0.6 is 0 Å². The maximum absolute atomic E-state index is 11.2. The Kier molecular flexibility index (Phi) is 2.28. The quantitative estimate of drug-likeness (QED) is 0.686. The Labute approximate surface area is 69.4 Å². The van der Waals surface area contributed by atoms with Crippen molar-refractivity contribution in [3.63, 3.8) is 0 Å². The van der Waals surface area contributed by atoms with Crippen LogP contribution in [0.3, 0.4) is 0 Å². The molecule has 0 amide bonds. The maximum atomic E-state index is 11.2. The monoisotopic (exact) mass is 175 g/mol. The zero-order valence-corrected chi connectivity index (χ0v) is 8.28. The highest BCUT2D eigenvalue weighted by atomic mass is 32.2. The van der Waals surface area contributed by atoms with Crippen molar-refractivity contribution in [1.82, 2.24) is 0 Å². The molecule has 0 aromatic carbocycles. The minimum Gasteiger partial charge on any atom is -0.253 e. The molecule has 1 fully saturated rings. The Bertz CT molecular complexity index is 224. The lowest BCUT2D eigenvalue weighted by Gasteiger charge is -2.37. The molecule has 1 atom stereocenters. The molecule has 0 bridgehead atoms. The summed E-state index contributed by atoms with van der Waals surface area (Å²) in [5.41, 5.74) is 0. The summed E-state index contributed by atoms with van der Waals surface area (Å²) in [6.45, 7) is 4.39. The fourth-order valence-electron chi connectivity index (χ4n) is 1.52. The number of nitrogens with one attached hydrogen (secondary N) is 1. The van der Waals surface area contributed by atoms with E-state index in [4.69, 9.17) is 4.78 Å². The topological polar surface area (TPSA) is 40.9 Å². The van der Waals surface area contributed by atoms with Crippen LogP contribution in [0.5, 0.6) is 0 Å². The van der Waals surface area contributed by atoms with E-state index < -0.39 is 9.73 Å². The summed E-state index contributed by atoms with van der Waals surface area (Å²) < 4.78 is 18.6. The minimum absolute atomic E-state index is 0.190. The maximum Gasteiger partial charge on any atom is 0.0441 e. The Hall–Kier alpha value is -0.0500. The first kappa shape index (κ1) is 9.04. The molecule has 0 spiro atoms. The van der Waals surface area contributed by atoms with Gasteiger partial charge in [-0.1, -0.05) is 13.8 Å². The number of hydrogen-bond acceptors (Lipinski definition) is 2. The highest BCUT2D eigenvalue weighted by Crippen LogP contribution is 2.37. The third kappa shape index (κ3) is 1.95. The van der Waals surface area contributed by atoms with Crippen molar-refractivity contribution in [1.29, 1.82) is 4.78 Å². The van der Waals surface area contributed by atoms with Crippen molar-refractivity contribution in [2.45, 2.75) is 31.9 Å². The van der Waals surface area contributed by atoms with E-state index in [-0.39, 0.29) is 5.25 Å². The van der Waals surface area contributed by atoms with E-state index in [0.717, 1.165) is 18.8 Å². The highest BCUT2D eigenvalue weighted by Gasteiger charge is 2.35. The summed E-state index contributed by atoms with van der Waals surface area (Å²) in [5, 5.41) is 0.190. The van der Waals surface area contributed by atoms with Crippen molar-refractivity contribution in [3.8, 4) is 0 Å². The average molecular weight is 175 g/mol. The van der Waals surface area contributed by atoms with Gasteiger partial charge in [0.15, 0.2) is 0 Å². The number of rotatable bonds is 2. The normalized spacial score (nSPS) is 36.4. The van der Waals surface area contributed by atoms with Gasteiger partial charge in [0.1, 0.15) is 0 Å². The van der Waals surface area contributed by atoms with Gasteiger partial charge in [-0.25, -0.2) is 4.21 Å². The largest absolute Gasteiger partial charge is 0.253 e. The van der Waals surface area contributed by atoms with Gasteiger partial charge in [-0.2, -0.15) is 0 Å². The molecule has 11 heavy (non-hydrogen) atoms. The van der Waals surface area contributed by atoms with Gasteiger partial charge >= 0.3 is 0 Å². The molecule has 1 rings (SSSR count). The SMILES string of the molecule is CC(C)[C@H]1C[C@@H](S(C)(=N)=O)C1. The first-order chi connectivity index (χ1) is 4.91. The van der Waals surface area contributed by atoms with Crippen molar-refractivity contribution in [2.24, 2.45) is 11.8 Å². The average Bonchev–Trinajstić information content (AvgIpc) is 1.51. The van der Waals surface area contributed by atoms with Gasteiger partial charge in [-0.3, -0.25) is 4.78 Å². The minimum atomic E-state index is -2.23. The first-order valence-electron chi connectivity index (χ1n) is 4.14. The summed E-state index contributed by atoms with van der Waals surface area (Å²) in [4.78, 5) is 0. The molecule has 1 unspecified atom stereocenters. The van der Waals surface area contributed by atoms with Gasteiger partial charge in [0, 0.05) is 21.2 Å². The fraction of sp³-hybridized carbons (Fsp3) is 1.00. The van der Waals surface area contributed by atoms with Crippen LogP contribution in [0.2, 0.25) is 0 Å². The third-order valence-electron chi connectivity index (χ3n) is 2.71. The van der Waals surface area contributed by atoms with E-state index >= 15 is 0 Å². The van der Waals surface area contributed by atoms with Gasteiger partial charge in [0.25, 0.3) is 0 Å². The molecule has 2 nitrogen and oxygen atoms in total. The molecule has 0 aliphatic heterocycles. The van der Waals surface area contributed by atoms with Crippen molar-refractivity contribution < 1.29 is 4.21 Å². The Balaban J connectivity index is 2.42. The highest BCUT2D eigenvalue weighted by molar-refractivity contribution is 7.92. The molecule has 1 saturated carbocycles. The van der Waals surface area contributed by atoms with Crippen LogP contribution < -0.4 is 0 Å². The molecule has 0 aromatic rings. The van der Waals surface area contributed by atoms with Gasteiger partial charge in [-0.05, 0) is 24.7 Å². The molecule has 0 aromatic heterocycles. The lowest BCUT2D eigenvalue weighted by Crippen LogP contribution is -2.37. The lowest BCUT2D eigenvalue weighted by molar-refractivity contribution is 0.240. The predicted molar refractivity (Wildman–Crippen MR) is 48.1 cm³/mol. The van der Waals surface area contributed by atoms with Crippen molar-refractivity contribution in [2.75, 3.05) is 6.26 Å². The van der Waals surface area contributed by atoms with E-state index in [1.807, 2.05) is 0 Å². The van der Waals surface area contributed by atoms with Crippen LogP contribution in [-0.4, -0.2) is 15.7 Å². The van der Waals surface area contributed by atoms with Crippen LogP contribution in [0.25, 0.3) is 0 Å². The first-order valence-corrected chi connectivity index (χ1v) is 6.17. The summed E-state index contributed by atoms with van der Waals surface area (Å²) in [6.07, 6.45) is 3.58. The molecule has 0 radical (unpaired) electrons. The number of hydrogen-bond donors (Lipinski definition) is 1.